The average molecular weight is 317 g/mol. The number of carbonyl (C=O) groups excluding carboxylic acids is 1. The van der Waals surface area contributed by atoms with E-state index < -0.39 is 0 Å². The molecule has 108 valence electrons. The first-order chi connectivity index (χ1) is 10.1. The minimum atomic E-state index is -0.0434. The molecule has 0 bridgehead atoms. The molecule has 0 radical (unpaired) electrons. The number of nitrogens with one attached hydrogen (secondary N) is 1. The van der Waals surface area contributed by atoms with Gasteiger partial charge in [0.1, 0.15) is 0 Å². The van der Waals surface area contributed by atoms with E-state index in [4.69, 9.17) is 5.73 Å². The largest absolute Gasteiger partial charge is 0.399 e. The Morgan fingerprint density at radius 2 is 2.29 bits per heavy atom. The van der Waals surface area contributed by atoms with Gasteiger partial charge in [-0.1, -0.05) is 6.92 Å². The Morgan fingerprint density at radius 3 is 3.05 bits per heavy atom. The lowest BCUT2D eigenvalue weighted by molar-refractivity contribution is 0.0956. The number of hydrogen-bond acceptors (Lipinski definition) is 5. The minimum Gasteiger partial charge on any atom is -0.399 e. The van der Waals surface area contributed by atoms with Gasteiger partial charge in [0.05, 0.1) is 9.88 Å². The quantitative estimate of drug-likeness (QED) is 0.724. The highest BCUT2D eigenvalue weighted by molar-refractivity contribution is 7.20. The van der Waals surface area contributed by atoms with Gasteiger partial charge >= 0.3 is 0 Å². The summed E-state index contributed by atoms with van der Waals surface area (Å²) in [6.45, 7) is 2.65. The Labute approximate surface area is 130 Å². The van der Waals surface area contributed by atoms with Crippen molar-refractivity contribution >= 4 is 44.4 Å². The summed E-state index contributed by atoms with van der Waals surface area (Å²) < 4.78 is 1.07. The first-order valence-electron chi connectivity index (χ1n) is 6.60. The molecule has 6 heteroatoms. The molecule has 0 aliphatic carbocycles. The minimum absolute atomic E-state index is 0.0434. The number of anilines is 1. The summed E-state index contributed by atoms with van der Waals surface area (Å²) in [6.07, 6.45) is 1.79. The second kappa shape index (κ2) is 5.83. The SMILES string of the molecule is CC(CNC(=O)c1cc2cc(N)ccc2s1)c1nccs1. The molecular weight excluding hydrogens is 302 g/mol. The third kappa shape index (κ3) is 3.06. The summed E-state index contributed by atoms with van der Waals surface area (Å²) in [7, 11) is 0. The molecule has 1 aromatic carbocycles. The highest BCUT2D eigenvalue weighted by Crippen LogP contribution is 2.27. The van der Waals surface area contributed by atoms with E-state index >= 15 is 0 Å². The van der Waals surface area contributed by atoms with Crippen LogP contribution in [0.1, 0.15) is 27.5 Å². The van der Waals surface area contributed by atoms with Crippen LogP contribution >= 0.6 is 22.7 Å². The normalized spacial score (nSPS) is 12.4. The standard InChI is InChI=1S/C15H15N3OS2/c1-9(15-17-4-5-20-15)8-18-14(19)13-7-10-6-11(16)2-3-12(10)21-13/h2-7,9H,8,16H2,1H3,(H,18,19). The molecule has 0 saturated heterocycles. The van der Waals surface area contributed by atoms with Crippen LogP contribution in [-0.2, 0) is 0 Å². The Balaban J connectivity index is 1.69. The van der Waals surface area contributed by atoms with Crippen LogP contribution in [0, 0.1) is 0 Å². The number of amides is 1. The fourth-order valence-corrected chi connectivity index (χ4v) is 3.73. The van der Waals surface area contributed by atoms with E-state index in [1.807, 2.05) is 29.6 Å². The van der Waals surface area contributed by atoms with Crippen LogP contribution in [0.2, 0.25) is 0 Å². The lowest BCUT2D eigenvalue weighted by atomic mass is 10.2. The lowest BCUT2D eigenvalue weighted by Gasteiger charge is -2.08. The number of nitrogen functional groups attached to an aromatic ring is 1. The molecule has 3 N–H and O–H groups in total. The first-order valence-corrected chi connectivity index (χ1v) is 8.30. The zero-order valence-corrected chi connectivity index (χ0v) is 13.1. The van der Waals surface area contributed by atoms with Crippen LogP contribution in [0.25, 0.3) is 10.1 Å². The number of benzene rings is 1. The van der Waals surface area contributed by atoms with Crippen LogP contribution in [0.4, 0.5) is 5.69 Å². The first kappa shape index (κ1) is 14.0. The van der Waals surface area contributed by atoms with Crippen molar-refractivity contribution < 1.29 is 4.79 Å². The Morgan fingerprint density at radius 1 is 1.43 bits per heavy atom. The maximum Gasteiger partial charge on any atom is 0.261 e. The second-order valence-corrected chi connectivity index (χ2v) is 6.90. The third-order valence-corrected chi connectivity index (χ3v) is 5.33. The molecule has 21 heavy (non-hydrogen) atoms. The number of fused-ring (bicyclic) bond motifs is 1. The molecule has 0 aliphatic heterocycles. The molecule has 3 aromatic rings. The fraction of sp³-hybridized carbons (Fsp3) is 0.200. The molecule has 1 atom stereocenters. The van der Waals surface area contributed by atoms with Crippen LogP contribution in [0.15, 0.2) is 35.8 Å². The Bertz CT molecular complexity index is 764. The zero-order valence-electron chi connectivity index (χ0n) is 11.5. The van der Waals surface area contributed by atoms with Crippen molar-refractivity contribution in [3.63, 3.8) is 0 Å². The van der Waals surface area contributed by atoms with E-state index in [1.165, 1.54) is 11.3 Å². The molecule has 2 aromatic heterocycles. The number of nitrogens with zero attached hydrogens (tertiary/aromatic N) is 1. The van der Waals surface area contributed by atoms with E-state index in [0.717, 1.165) is 15.1 Å². The maximum absolute atomic E-state index is 12.2. The van der Waals surface area contributed by atoms with E-state index in [0.29, 0.717) is 17.1 Å². The van der Waals surface area contributed by atoms with Crippen molar-refractivity contribution in [2.75, 3.05) is 12.3 Å². The molecule has 0 spiro atoms. The van der Waals surface area contributed by atoms with E-state index in [2.05, 4.69) is 17.2 Å². The predicted octanol–water partition coefficient (Wildman–Crippen LogP) is 3.47. The Kier molecular flexibility index (Phi) is 3.90. The van der Waals surface area contributed by atoms with Crippen molar-refractivity contribution in [1.29, 1.82) is 0 Å². The van der Waals surface area contributed by atoms with Crippen LogP contribution in [-0.4, -0.2) is 17.4 Å². The number of aromatic nitrogens is 1. The molecule has 0 fully saturated rings. The summed E-state index contributed by atoms with van der Waals surface area (Å²) in [5, 5.41) is 6.97. The van der Waals surface area contributed by atoms with E-state index in [1.54, 1.807) is 17.5 Å². The van der Waals surface area contributed by atoms with Gasteiger partial charge in [0.2, 0.25) is 0 Å². The van der Waals surface area contributed by atoms with Crippen molar-refractivity contribution in [2.45, 2.75) is 12.8 Å². The van der Waals surface area contributed by atoms with Gasteiger partial charge in [-0.15, -0.1) is 22.7 Å². The smallest absolute Gasteiger partial charge is 0.261 e. The van der Waals surface area contributed by atoms with Gasteiger partial charge in [0.15, 0.2) is 0 Å². The molecule has 2 heterocycles. The average Bonchev–Trinajstić information content (AvgIpc) is 3.12. The van der Waals surface area contributed by atoms with Crippen molar-refractivity contribution in [2.24, 2.45) is 0 Å². The number of nitrogens with two attached hydrogens (primary N) is 1. The number of hydrogen-bond donors (Lipinski definition) is 2. The van der Waals surface area contributed by atoms with Gasteiger partial charge in [-0.2, -0.15) is 0 Å². The summed E-state index contributed by atoms with van der Waals surface area (Å²) in [5.41, 5.74) is 6.47. The fourth-order valence-electron chi connectivity index (χ4n) is 2.07. The van der Waals surface area contributed by atoms with Gasteiger partial charge in [-0.3, -0.25) is 4.79 Å². The van der Waals surface area contributed by atoms with Gasteiger partial charge < -0.3 is 11.1 Å². The maximum atomic E-state index is 12.2. The predicted molar refractivity (Wildman–Crippen MR) is 89.1 cm³/mol. The molecule has 3 rings (SSSR count). The third-order valence-electron chi connectivity index (χ3n) is 3.21. The molecule has 0 saturated carbocycles. The van der Waals surface area contributed by atoms with Gasteiger partial charge in [-0.25, -0.2) is 4.98 Å². The highest BCUT2D eigenvalue weighted by Gasteiger charge is 2.13. The van der Waals surface area contributed by atoms with Crippen molar-refractivity contribution in [3.8, 4) is 0 Å². The van der Waals surface area contributed by atoms with E-state index in [9.17, 15) is 4.79 Å². The van der Waals surface area contributed by atoms with Crippen LogP contribution in [0.3, 0.4) is 0 Å². The van der Waals surface area contributed by atoms with Crippen molar-refractivity contribution in [1.82, 2.24) is 10.3 Å². The molecular formula is C15H15N3OS2. The monoisotopic (exact) mass is 317 g/mol. The topological polar surface area (TPSA) is 68.0 Å². The van der Waals surface area contributed by atoms with Gasteiger partial charge in [-0.05, 0) is 29.7 Å². The van der Waals surface area contributed by atoms with Gasteiger partial charge in [0, 0.05) is 34.4 Å². The molecule has 1 amide bonds. The molecule has 4 nitrogen and oxygen atoms in total. The van der Waals surface area contributed by atoms with Crippen LogP contribution in [0.5, 0.6) is 0 Å². The number of carbonyl (C=O) groups is 1. The van der Waals surface area contributed by atoms with Gasteiger partial charge in [0.25, 0.3) is 5.91 Å². The lowest BCUT2D eigenvalue weighted by Crippen LogP contribution is -2.26. The summed E-state index contributed by atoms with van der Waals surface area (Å²) in [4.78, 5) is 17.2. The summed E-state index contributed by atoms with van der Waals surface area (Å²) >= 11 is 3.09. The summed E-state index contributed by atoms with van der Waals surface area (Å²) in [5.74, 6) is 0.178. The van der Waals surface area contributed by atoms with E-state index in [-0.39, 0.29) is 11.8 Å². The number of thiazole rings is 1. The Hall–Kier alpha value is -1.92. The zero-order chi connectivity index (χ0) is 14.8. The number of thiophene rings is 1. The second-order valence-electron chi connectivity index (χ2n) is 4.89. The number of rotatable bonds is 4. The van der Waals surface area contributed by atoms with Crippen molar-refractivity contribution in [3.05, 3.63) is 45.7 Å². The summed E-state index contributed by atoms with van der Waals surface area (Å²) in [6, 6.07) is 7.58. The highest BCUT2D eigenvalue weighted by atomic mass is 32.1. The molecule has 1 unspecified atom stereocenters. The molecule has 0 aliphatic rings. The van der Waals surface area contributed by atoms with Crippen LogP contribution < -0.4 is 11.1 Å².